The van der Waals surface area contributed by atoms with E-state index in [1.54, 1.807) is 0 Å². The molecule has 2 amide bonds. The number of amides is 2. The Kier molecular flexibility index (Phi) is 6.07. The number of nitrogens with two attached hydrogens (primary N) is 1. The number of esters is 1. The monoisotopic (exact) mass is 254 g/mol. The van der Waals surface area contributed by atoms with E-state index < -0.39 is 0 Å². The van der Waals surface area contributed by atoms with Gasteiger partial charge in [-0.2, -0.15) is 0 Å². The van der Waals surface area contributed by atoms with Crippen LogP contribution in [0.5, 0.6) is 0 Å². The lowest BCUT2D eigenvalue weighted by Crippen LogP contribution is -2.30. The second-order valence-corrected chi connectivity index (χ2v) is 3.98. The van der Waals surface area contributed by atoms with Crippen LogP contribution in [0.25, 0.3) is 0 Å². The normalized spacial score (nSPS) is 14.4. The van der Waals surface area contributed by atoms with E-state index in [9.17, 15) is 14.4 Å². The van der Waals surface area contributed by atoms with Crippen molar-refractivity contribution in [2.45, 2.75) is 25.7 Å². The Balaban J connectivity index is 2.04. The molecule has 0 saturated heterocycles. The van der Waals surface area contributed by atoms with Gasteiger partial charge in [-0.25, -0.2) is 0 Å². The van der Waals surface area contributed by atoms with Gasteiger partial charge in [-0.3, -0.25) is 19.3 Å². The summed E-state index contributed by atoms with van der Waals surface area (Å²) in [6, 6.07) is 0. The van der Waals surface area contributed by atoms with Gasteiger partial charge in [0.1, 0.15) is 6.61 Å². The minimum Gasteiger partial charge on any atom is -0.464 e. The van der Waals surface area contributed by atoms with Crippen molar-refractivity contribution in [1.29, 1.82) is 0 Å². The molecule has 0 aromatic heterocycles. The van der Waals surface area contributed by atoms with E-state index in [1.807, 2.05) is 0 Å². The van der Waals surface area contributed by atoms with Crippen molar-refractivity contribution in [3.63, 3.8) is 0 Å². The maximum Gasteiger partial charge on any atom is 0.305 e. The van der Waals surface area contributed by atoms with Crippen LogP contribution < -0.4 is 5.73 Å². The van der Waals surface area contributed by atoms with Gasteiger partial charge >= 0.3 is 5.97 Å². The highest BCUT2D eigenvalue weighted by atomic mass is 16.5. The molecule has 1 aliphatic rings. The first-order valence-electron chi connectivity index (χ1n) is 6.04. The van der Waals surface area contributed by atoms with Gasteiger partial charge in [0.25, 0.3) is 11.8 Å². The van der Waals surface area contributed by atoms with Crippen LogP contribution in [-0.4, -0.2) is 42.4 Å². The lowest BCUT2D eigenvalue weighted by Gasteiger charge is -2.12. The van der Waals surface area contributed by atoms with Crippen molar-refractivity contribution >= 4 is 17.8 Å². The predicted molar refractivity (Wildman–Crippen MR) is 64.3 cm³/mol. The summed E-state index contributed by atoms with van der Waals surface area (Å²) in [5, 5.41) is 0. The molecule has 0 aromatic rings. The van der Waals surface area contributed by atoms with E-state index in [2.05, 4.69) is 0 Å². The molecule has 6 heteroatoms. The van der Waals surface area contributed by atoms with Crippen LogP contribution in [0.1, 0.15) is 25.7 Å². The van der Waals surface area contributed by atoms with Gasteiger partial charge < -0.3 is 10.5 Å². The number of nitrogens with zero attached hydrogens (tertiary/aromatic N) is 1. The maximum atomic E-state index is 11.2. The Labute approximate surface area is 106 Å². The van der Waals surface area contributed by atoms with Gasteiger partial charge in [-0.15, -0.1) is 0 Å². The Morgan fingerprint density at radius 2 is 1.83 bits per heavy atom. The summed E-state index contributed by atoms with van der Waals surface area (Å²) in [7, 11) is 0. The van der Waals surface area contributed by atoms with Crippen LogP contribution in [0, 0.1) is 0 Å². The summed E-state index contributed by atoms with van der Waals surface area (Å²) in [6.45, 7) is 0.988. The van der Waals surface area contributed by atoms with E-state index in [-0.39, 0.29) is 24.4 Å². The number of rotatable bonds is 8. The third-order valence-electron chi connectivity index (χ3n) is 2.54. The Bertz CT molecular complexity index is 334. The zero-order valence-electron chi connectivity index (χ0n) is 10.3. The molecule has 0 bridgehead atoms. The smallest absolute Gasteiger partial charge is 0.305 e. The van der Waals surface area contributed by atoms with Crippen molar-refractivity contribution in [2.75, 3.05) is 19.7 Å². The molecule has 1 heterocycles. The Morgan fingerprint density at radius 1 is 1.17 bits per heavy atom. The first kappa shape index (κ1) is 14.4. The van der Waals surface area contributed by atoms with Crippen LogP contribution in [0.15, 0.2) is 12.2 Å². The van der Waals surface area contributed by atoms with Crippen molar-refractivity contribution in [2.24, 2.45) is 5.73 Å². The van der Waals surface area contributed by atoms with E-state index in [1.165, 1.54) is 17.1 Å². The molecule has 0 saturated carbocycles. The van der Waals surface area contributed by atoms with Gasteiger partial charge in [0, 0.05) is 31.7 Å². The third-order valence-corrected chi connectivity index (χ3v) is 2.54. The molecule has 0 aliphatic carbocycles. The van der Waals surface area contributed by atoms with Gasteiger partial charge in [0.2, 0.25) is 0 Å². The van der Waals surface area contributed by atoms with Crippen molar-refractivity contribution in [1.82, 2.24) is 4.90 Å². The average molecular weight is 254 g/mol. The van der Waals surface area contributed by atoms with E-state index in [0.29, 0.717) is 32.4 Å². The van der Waals surface area contributed by atoms with Crippen LogP contribution in [0.2, 0.25) is 0 Å². The minimum atomic E-state index is -0.262. The number of hydrogen-bond acceptors (Lipinski definition) is 5. The molecule has 0 fully saturated rings. The molecule has 6 nitrogen and oxygen atoms in total. The standard InChI is InChI=1S/C12H18N2O4/c13-7-9-18-12(17)4-2-1-3-8-14-10(15)5-6-11(14)16/h5-6H,1-4,7-9,13H2. The molecule has 1 aliphatic heterocycles. The number of carbonyl (C=O) groups excluding carboxylic acids is 3. The summed E-state index contributed by atoms with van der Waals surface area (Å²) in [5.41, 5.74) is 5.20. The van der Waals surface area contributed by atoms with Gasteiger partial charge in [0.15, 0.2) is 0 Å². The number of imide groups is 1. The van der Waals surface area contributed by atoms with Gasteiger partial charge in [0.05, 0.1) is 0 Å². The number of carbonyl (C=O) groups is 3. The summed E-state index contributed by atoms with van der Waals surface area (Å²) in [5.74, 6) is -0.778. The molecule has 0 radical (unpaired) electrons. The minimum absolute atomic E-state index is 0.251. The molecule has 18 heavy (non-hydrogen) atoms. The molecule has 0 aromatic carbocycles. The number of hydrogen-bond donors (Lipinski definition) is 1. The highest BCUT2D eigenvalue weighted by Crippen LogP contribution is 2.07. The topological polar surface area (TPSA) is 89.7 Å². The fourth-order valence-corrected chi connectivity index (χ4v) is 1.61. The average Bonchev–Trinajstić information content (AvgIpc) is 2.67. The molecule has 100 valence electrons. The van der Waals surface area contributed by atoms with Crippen LogP contribution >= 0.6 is 0 Å². The largest absolute Gasteiger partial charge is 0.464 e. The zero-order chi connectivity index (χ0) is 13.4. The lowest BCUT2D eigenvalue weighted by molar-refractivity contribution is -0.143. The molecule has 0 unspecified atom stereocenters. The summed E-state index contributed by atoms with van der Waals surface area (Å²) in [6.07, 6.45) is 5.05. The SMILES string of the molecule is NCCOC(=O)CCCCCN1C(=O)C=CC1=O. The van der Waals surface area contributed by atoms with Crippen molar-refractivity contribution in [3.8, 4) is 0 Å². The molecular formula is C12H18N2O4. The molecule has 0 spiro atoms. The maximum absolute atomic E-state index is 11.2. The fraction of sp³-hybridized carbons (Fsp3) is 0.583. The van der Waals surface area contributed by atoms with E-state index in [0.717, 1.165) is 6.42 Å². The third kappa shape index (κ3) is 4.67. The number of unbranched alkanes of at least 4 members (excludes halogenated alkanes) is 2. The van der Waals surface area contributed by atoms with E-state index in [4.69, 9.17) is 10.5 Å². The van der Waals surface area contributed by atoms with E-state index >= 15 is 0 Å². The van der Waals surface area contributed by atoms with Crippen LogP contribution in [-0.2, 0) is 19.1 Å². The second kappa shape index (κ2) is 7.60. The molecule has 0 atom stereocenters. The number of ether oxygens (including phenoxy) is 1. The Morgan fingerprint density at radius 3 is 2.44 bits per heavy atom. The van der Waals surface area contributed by atoms with Crippen LogP contribution in [0.3, 0.4) is 0 Å². The Hall–Kier alpha value is -1.69. The first-order valence-corrected chi connectivity index (χ1v) is 6.04. The second-order valence-electron chi connectivity index (χ2n) is 3.98. The molecular weight excluding hydrogens is 236 g/mol. The van der Waals surface area contributed by atoms with Crippen molar-refractivity contribution < 1.29 is 19.1 Å². The van der Waals surface area contributed by atoms with Gasteiger partial charge in [-0.05, 0) is 12.8 Å². The highest BCUT2D eigenvalue weighted by Gasteiger charge is 2.22. The quantitative estimate of drug-likeness (QED) is 0.373. The highest BCUT2D eigenvalue weighted by molar-refractivity contribution is 6.12. The molecule has 2 N–H and O–H groups in total. The summed E-state index contributed by atoms with van der Waals surface area (Å²) in [4.78, 5) is 34.7. The lowest BCUT2D eigenvalue weighted by atomic mass is 10.2. The van der Waals surface area contributed by atoms with Gasteiger partial charge in [-0.1, -0.05) is 6.42 Å². The fourth-order valence-electron chi connectivity index (χ4n) is 1.61. The predicted octanol–water partition coefficient (Wildman–Crippen LogP) is -0.0263. The van der Waals surface area contributed by atoms with Crippen molar-refractivity contribution in [3.05, 3.63) is 12.2 Å². The zero-order valence-corrected chi connectivity index (χ0v) is 10.3. The summed E-state index contributed by atoms with van der Waals surface area (Å²) >= 11 is 0. The summed E-state index contributed by atoms with van der Waals surface area (Å²) < 4.78 is 4.81. The van der Waals surface area contributed by atoms with Crippen LogP contribution in [0.4, 0.5) is 0 Å². The molecule has 1 rings (SSSR count). The first-order chi connectivity index (χ1) is 8.65.